The summed E-state index contributed by atoms with van der Waals surface area (Å²) < 4.78 is 25.1. The maximum Gasteiger partial charge on any atom is 0.244 e. The van der Waals surface area contributed by atoms with Crippen LogP contribution in [0.5, 0.6) is 0 Å². The highest BCUT2D eigenvalue weighted by molar-refractivity contribution is 7.89. The van der Waals surface area contributed by atoms with Gasteiger partial charge in [-0.1, -0.05) is 18.5 Å². The van der Waals surface area contributed by atoms with Crippen LogP contribution >= 0.6 is 11.6 Å². The van der Waals surface area contributed by atoms with Crippen LogP contribution in [0.4, 0.5) is 5.69 Å². The summed E-state index contributed by atoms with van der Waals surface area (Å²) in [5, 5.41) is 0.185. The lowest BCUT2D eigenvalue weighted by Gasteiger charge is -2.15. The topological polar surface area (TPSA) is 63.4 Å². The normalized spacial score (nSPS) is 12.0. The highest BCUT2D eigenvalue weighted by atomic mass is 35.5. The molecule has 0 atom stereocenters. The average Bonchev–Trinajstić information content (AvgIpc) is 2.20. The van der Waals surface area contributed by atoms with Gasteiger partial charge in [0.1, 0.15) is 4.90 Å². The molecule has 0 radical (unpaired) electrons. The molecule has 1 aromatic carbocycles. The molecule has 2 N–H and O–H groups in total. The summed E-state index contributed by atoms with van der Waals surface area (Å²) >= 11 is 5.82. The molecule has 0 aromatic heterocycles. The number of nitrogen functional groups attached to an aromatic ring is 1. The number of nitrogens with zero attached hydrogens (tertiary/aromatic N) is 1. The molecule has 6 heteroatoms. The van der Waals surface area contributed by atoms with Gasteiger partial charge in [0.25, 0.3) is 0 Å². The van der Waals surface area contributed by atoms with Crippen LogP contribution in [0.15, 0.2) is 23.1 Å². The van der Waals surface area contributed by atoms with Crippen LogP contribution < -0.4 is 5.73 Å². The van der Waals surface area contributed by atoms with E-state index in [1.807, 2.05) is 0 Å². The van der Waals surface area contributed by atoms with Crippen LogP contribution in [-0.2, 0) is 10.0 Å². The fraction of sp³-hybridized carbons (Fsp3) is 0.333. The summed E-state index contributed by atoms with van der Waals surface area (Å²) in [5.74, 6) is 0. The van der Waals surface area contributed by atoms with Crippen molar-refractivity contribution < 1.29 is 8.42 Å². The highest BCUT2D eigenvalue weighted by Gasteiger charge is 2.22. The molecular weight excluding hydrogens is 236 g/mol. The van der Waals surface area contributed by atoms with Gasteiger partial charge in [-0.3, -0.25) is 0 Å². The third-order valence-electron chi connectivity index (χ3n) is 2.09. The smallest absolute Gasteiger partial charge is 0.244 e. The molecule has 84 valence electrons. The van der Waals surface area contributed by atoms with Crippen LogP contribution in [-0.4, -0.2) is 26.3 Å². The van der Waals surface area contributed by atoms with E-state index in [0.29, 0.717) is 12.2 Å². The van der Waals surface area contributed by atoms with Gasteiger partial charge in [0, 0.05) is 19.3 Å². The molecule has 0 amide bonds. The molecule has 0 fully saturated rings. The van der Waals surface area contributed by atoms with Gasteiger partial charge in [0.2, 0.25) is 10.0 Å². The van der Waals surface area contributed by atoms with E-state index in [1.165, 1.54) is 23.5 Å². The van der Waals surface area contributed by atoms with E-state index in [2.05, 4.69) is 0 Å². The summed E-state index contributed by atoms with van der Waals surface area (Å²) in [6.45, 7) is 2.13. The molecule has 15 heavy (non-hydrogen) atoms. The summed E-state index contributed by atoms with van der Waals surface area (Å²) in [5.41, 5.74) is 5.90. The molecule has 0 aliphatic carbocycles. The van der Waals surface area contributed by atoms with Crippen LogP contribution in [0.1, 0.15) is 6.92 Å². The largest absolute Gasteiger partial charge is 0.399 e. The Morgan fingerprint density at radius 3 is 2.60 bits per heavy atom. The molecule has 0 spiro atoms. The number of benzene rings is 1. The lowest BCUT2D eigenvalue weighted by molar-refractivity contribution is 0.486. The second-order valence-electron chi connectivity index (χ2n) is 3.11. The number of anilines is 1. The van der Waals surface area contributed by atoms with E-state index in [4.69, 9.17) is 17.3 Å². The Morgan fingerprint density at radius 1 is 1.47 bits per heavy atom. The van der Waals surface area contributed by atoms with E-state index in [9.17, 15) is 8.42 Å². The first-order chi connectivity index (χ1) is 6.89. The van der Waals surface area contributed by atoms with Gasteiger partial charge in [0.05, 0.1) is 5.02 Å². The van der Waals surface area contributed by atoms with Gasteiger partial charge >= 0.3 is 0 Å². The summed E-state index contributed by atoms with van der Waals surface area (Å²) in [6, 6.07) is 4.41. The second-order valence-corrected chi connectivity index (χ2v) is 5.53. The van der Waals surface area contributed by atoms with Crippen molar-refractivity contribution >= 4 is 27.3 Å². The molecule has 1 rings (SSSR count). The third kappa shape index (κ3) is 2.42. The van der Waals surface area contributed by atoms with Gasteiger partial charge in [-0.15, -0.1) is 0 Å². The predicted octanol–water partition coefficient (Wildman–Crippen LogP) is 1.56. The Hall–Kier alpha value is -0.780. The third-order valence-corrected chi connectivity index (χ3v) is 4.50. The number of hydrogen-bond donors (Lipinski definition) is 1. The highest BCUT2D eigenvalue weighted by Crippen LogP contribution is 2.25. The first kappa shape index (κ1) is 12.3. The van der Waals surface area contributed by atoms with E-state index >= 15 is 0 Å². The molecular formula is C9H13ClN2O2S. The molecule has 0 saturated heterocycles. The van der Waals surface area contributed by atoms with E-state index in [0.717, 1.165) is 0 Å². The van der Waals surface area contributed by atoms with Crippen LogP contribution in [0.25, 0.3) is 0 Å². The Bertz CT molecular complexity index is 459. The molecule has 0 aliphatic heterocycles. The molecule has 4 nitrogen and oxygen atoms in total. The number of sulfonamides is 1. The number of nitrogens with two attached hydrogens (primary N) is 1. The summed E-state index contributed by atoms with van der Waals surface area (Å²) in [6.07, 6.45) is 0. The van der Waals surface area contributed by atoms with Crippen molar-refractivity contribution in [3.63, 3.8) is 0 Å². The van der Waals surface area contributed by atoms with E-state index in [-0.39, 0.29) is 9.92 Å². The quantitative estimate of drug-likeness (QED) is 0.826. The number of rotatable bonds is 3. The molecule has 1 aromatic rings. The zero-order chi connectivity index (χ0) is 11.6. The molecule has 0 unspecified atom stereocenters. The maximum absolute atomic E-state index is 11.9. The molecule has 0 bridgehead atoms. The fourth-order valence-corrected chi connectivity index (χ4v) is 2.74. The van der Waals surface area contributed by atoms with Crippen LogP contribution in [0, 0.1) is 0 Å². The first-order valence-corrected chi connectivity index (χ1v) is 6.22. The predicted molar refractivity (Wildman–Crippen MR) is 61.4 cm³/mol. The maximum atomic E-state index is 11.9. The van der Waals surface area contributed by atoms with Crippen molar-refractivity contribution in [2.45, 2.75) is 11.8 Å². The van der Waals surface area contributed by atoms with Gasteiger partial charge in [0.15, 0.2) is 0 Å². The van der Waals surface area contributed by atoms with Crippen molar-refractivity contribution in [2.75, 3.05) is 19.3 Å². The zero-order valence-electron chi connectivity index (χ0n) is 8.57. The van der Waals surface area contributed by atoms with E-state index < -0.39 is 10.0 Å². The van der Waals surface area contributed by atoms with Crippen molar-refractivity contribution in [2.24, 2.45) is 0 Å². The molecule has 0 heterocycles. The average molecular weight is 249 g/mol. The van der Waals surface area contributed by atoms with Gasteiger partial charge in [-0.05, 0) is 18.2 Å². The standard InChI is InChI=1S/C9H13ClN2O2S/c1-3-12(2)15(13,14)9-6-7(11)4-5-8(9)10/h4-6H,3,11H2,1-2H3. The number of hydrogen-bond acceptors (Lipinski definition) is 3. The molecule has 0 aliphatic rings. The van der Waals surface area contributed by atoms with Crippen molar-refractivity contribution in [3.05, 3.63) is 23.2 Å². The SMILES string of the molecule is CCN(C)S(=O)(=O)c1cc(N)ccc1Cl. The Balaban J connectivity index is 3.33. The Labute approximate surface area is 94.7 Å². The zero-order valence-corrected chi connectivity index (χ0v) is 10.1. The minimum atomic E-state index is -3.52. The van der Waals surface area contributed by atoms with Crippen molar-refractivity contribution in [1.82, 2.24) is 4.31 Å². The molecule has 0 saturated carbocycles. The van der Waals surface area contributed by atoms with E-state index in [1.54, 1.807) is 13.0 Å². The Kier molecular flexibility index (Phi) is 3.59. The Morgan fingerprint density at radius 2 is 2.07 bits per heavy atom. The van der Waals surface area contributed by atoms with Crippen LogP contribution in [0.3, 0.4) is 0 Å². The lowest BCUT2D eigenvalue weighted by Crippen LogP contribution is -2.26. The van der Waals surface area contributed by atoms with Gasteiger partial charge in [-0.2, -0.15) is 0 Å². The van der Waals surface area contributed by atoms with Crippen molar-refractivity contribution in [1.29, 1.82) is 0 Å². The minimum absolute atomic E-state index is 0.0496. The fourth-order valence-electron chi connectivity index (χ4n) is 1.06. The van der Waals surface area contributed by atoms with Crippen LogP contribution in [0.2, 0.25) is 5.02 Å². The monoisotopic (exact) mass is 248 g/mol. The van der Waals surface area contributed by atoms with Gasteiger partial charge in [-0.25, -0.2) is 12.7 Å². The second kappa shape index (κ2) is 4.38. The summed E-state index contributed by atoms with van der Waals surface area (Å²) in [4.78, 5) is 0.0496. The van der Waals surface area contributed by atoms with Crippen molar-refractivity contribution in [3.8, 4) is 0 Å². The first-order valence-electron chi connectivity index (χ1n) is 4.41. The lowest BCUT2D eigenvalue weighted by atomic mass is 10.3. The minimum Gasteiger partial charge on any atom is -0.399 e. The van der Waals surface area contributed by atoms with Gasteiger partial charge < -0.3 is 5.73 Å². The summed E-state index contributed by atoms with van der Waals surface area (Å²) in [7, 11) is -2.03. The number of halogens is 1.